The van der Waals surface area contributed by atoms with Crippen molar-refractivity contribution in [3.63, 3.8) is 0 Å². The third kappa shape index (κ3) is 4.12. The molecule has 5 heteroatoms. The van der Waals surface area contributed by atoms with Gasteiger partial charge in [0.1, 0.15) is 6.61 Å². The van der Waals surface area contributed by atoms with Gasteiger partial charge >= 0.3 is 5.97 Å². The van der Waals surface area contributed by atoms with Crippen LogP contribution in [-0.2, 0) is 29.1 Å². The van der Waals surface area contributed by atoms with Crippen LogP contribution in [0.1, 0.15) is 24.5 Å². The van der Waals surface area contributed by atoms with Crippen molar-refractivity contribution in [1.29, 1.82) is 0 Å². The molecule has 1 aromatic carbocycles. The summed E-state index contributed by atoms with van der Waals surface area (Å²) >= 11 is 0. The first-order valence-electron chi connectivity index (χ1n) is 6.68. The van der Waals surface area contributed by atoms with E-state index in [0.717, 1.165) is 23.4 Å². The Balaban J connectivity index is 1.74. The first-order chi connectivity index (χ1) is 9.67. The quantitative estimate of drug-likeness (QED) is 0.647. The van der Waals surface area contributed by atoms with Crippen LogP contribution in [0.3, 0.4) is 0 Å². The molecule has 2 rings (SSSR count). The largest absolute Gasteiger partial charge is 0.461 e. The van der Waals surface area contributed by atoms with Crippen molar-refractivity contribution in [3.8, 4) is 0 Å². The first-order valence-corrected chi connectivity index (χ1v) is 6.68. The summed E-state index contributed by atoms with van der Waals surface area (Å²) in [5.74, 6) is -0.203. The van der Waals surface area contributed by atoms with E-state index in [9.17, 15) is 4.79 Å². The minimum atomic E-state index is -0.203. The number of nitrogens with two attached hydrogens (primary N) is 1. The lowest BCUT2D eigenvalue weighted by atomic mass is 10.1. The highest BCUT2D eigenvalue weighted by molar-refractivity contribution is 5.69. The average molecular weight is 273 g/mol. The van der Waals surface area contributed by atoms with Crippen molar-refractivity contribution < 1.29 is 9.53 Å². The Kier molecular flexibility index (Phi) is 4.76. The number of hydrogen-bond acceptors (Lipinski definition) is 4. The standard InChI is InChI=1S/C15H19N3O2/c1-2-18-10-13(9-17-18)11-20-15(19)8-5-12-3-6-14(16)7-4-12/h3-4,6-7,9-10H,2,5,8,11,16H2,1H3. The van der Waals surface area contributed by atoms with Gasteiger partial charge in [-0.2, -0.15) is 5.10 Å². The lowest BCUT2D eigenvalue weighted by molar-refractivity contribution is -0.144. The summed E-state index contributed by atoms with van der Waals surface area (Å²) in [6.45, 7) is 3.10. The van der Waals surface area contributed by atoms with Gasteiger partial charge in [0.15, 0.2) is 0 Å². The van der Waals surface area contributed by atoms with Crippen LogP contribution < -0.4 is 5.73 Å². The molecule has 1 aromatic heterocycles. The molecule has 0 spiro atoms. The summed E-state index contributed by atoms with van der Waals surface area (Å²) < 4.78 is 7.02. The minimum Gasteiger partial charge on any atom is -0.461 e. The maximum atomic E-state index is 11.7. The van der Waals surface area contributed by atoms with E-state index in [1.54, 1.807) is 10.9 Å². The predicted octanol–water partition coefficient (Wildman–Crippen LogP) is 2.16. The van der Waals surface area contributed by atoms with Crippen LogP contribution >= 0.6 is 0 Å². The van der Waals surface area contributed by atoms with Crippen LogP contribution in [0.5, 0.6) is 0 Å². The van der Waals surface area contributed by atoms with Crippen LogP contribution in [0.25, 0.3) is 0 Å². The van der Waals surface area contributed by atoms with Crippen molar-refractivity contribution in [2.24, 2.45) is 0 Å². The molecular formula is C15H19N3O2. The van der Waals surface area contributed by atoms with Crippen LogP contribution in [0.2, 0.25) is 0 Å². The Morgan fingerprint density at radius 3 is 2.70 bits per heavy atom. The number of anilines is 1. The number of carbonyl (C=O) groups is 1. The van der Waals surface area contributed by atoms with Crippen LogP contribution in [-0.4, -0.2) is 15.7 Å². The van der Waals surface area contributed by atoms with E-state index in [1.807, 2.05) is 37.4 Å². The number of hydrogen-bond donors (Lipinski definition) is 1. The number of ether oxygens (including phenoxy) is 1. The molecule has 0 aliphatic heterocycles. The van der Waals surface area contributed by atoms with Gasteiger partial charge < -0.3 is 10.5 Å². The van der Waals surface area contributed by atoms with E-state index in [4.69, 9.17) is 10.5 Å². The van der Waals surface area contributed by atoms with Crippen molar-refractivity contribution in [2.75, 3.05) is 5.73 Å². The number of carbonyl (C=O) groups excluding carboxylic acids is 1. The van der Waals surface area contributed by atoms with Gasteiger partial charge in [-0.05, 0) is 31.0 Å². The Morgan fingerprint density at radius 1 is 1.30 bits per heavy atom. The number of aromatic nitrogens is 2. The van der Waals surface area contributed by atoms with E-state index < -0.39 is 0 Å². The molecule has 0 radical (unpaired) electrons. The molecule has 2 N–H and O–H groups in total. The number of aryl methyl sites for hydroxylation is 2. The fourth-order valence-electron chi connectivity index (χ4n) is 1.82. The van der Waals surface area contributed by atoms with E-state index >= 15 is 0 Å². The molecule has 0 aliphatic rings. The molecule has 20 heavy (non-hydrogen) atoms. The highest BCUT2D eigenvalue weighted by Crippen LogP contribution is 2.09. The highest BCUT2D eigenvalue weighted by Gasteiger charge is 2.05. The summed E-state index contributed by atoms with van der Waals surface area (Å²) in [6, 6.07) is 7.52. The van der Waals surface area contributed by atoms with Gasteiger partial charge in [0, 0.05) is 30.4 Å². The van der Waals surface area contributed by atoms with Crippen molar-refractivity contribution >= 4 is 11.7 Å². The molecule has 0 aliphatic carbocycles. The number of esters is 1. The topological polar surface area (TPSA) is 70.1 Å². The summed E-state index contributed by atoms with van der Waals surface area (Å²) in [7, 11) is 0. The molecule has 1 heterocycles. The van der Waals surface area contributed by atoms with Crippen molar-refractivity contribution in [1.82, 2.24) is 9.78 Å². The summed E-state index contributed by atoms with van der Waals surface area (Å²) in [4.78, 5) is 11.7. The third-order valence-electron chi connectivity index (χ3n) is 3.01. The number of nitrogen functional groups attached to an aromatic ring is 1. The molecule has 0 amide bonds. The van der Waals surface area contributed by atoms with Gasteiger partial charge in [-0.1, -0.05) is 12.1 Å². The molecule has 106 valence electrons. The molecule has 0 fully saturated rings. The summed E-state index contributed by atoms with van der Waals surface area (Å²) in [5.41, 5.74) is 8.32. The maximum absolute atomic E-state index is 11.7. The Labute approximate surface area is 118 Å². The minimum absolute atomic E-state index is 0.203. The smallest absolute Gasteiger partial charge is 0.306 e. The molecule has 5 nitrogen and oxygen atoms in total. The molecular weight excluding hydrogens is 254 g/mol. The van der Waals surface area contributed by atoms with Gasteiger partial charge in [-0.25, -0.2) is 0 Å². The third-order valence-corrected chi connectivity index (χ3v) is 3.01. The molecule has 0 unspecified atom stereocenters. The Bertz CT molecular complexity index is 561. The zero-order valence-electron chi connectivity index (χ0n) is 11.6. The predicted molar refractivity (Wildman–Crippen MR) is 76.9 cm³/mol. The second-order valence-electron chi connectivity index (χ2n) is 4.61. The Morgan fingerprint density at radius 2 is 2.05 bits per heavy atom. The Hall–Kier alpha value is -2.30. The normalized spacial score (nSPS) is 10.4. The van der Waals surface area contributed by atoms with Crippen molar-refractivity contribution in [2.45, 2.75) is 32.9 Å². The van der Waals surface area contributed by atoms with E-state index in [0.29, 0.717) is 12.8 Å². The van der Waals surface area contributed by atoms with Gasteiger partial charge in [0.05, 0.1) is 6.20 Å². The average Bonchev–Trinajstić information content (AvgIpc) is 2.92. The second-order valence-corrected chi connectivity index (χ2v) is 4.61. The summed E-state index contributed by atoms with van der Waals surface area (Å²) in [6.07, 6.45) is 4.63. The molecule has 0 saturated carbocycles. The van der Waals surface area contributed by atoms with Gasteiger partial charge in [0.2, 0.25) is 0 Å². The molecule has 0 atom stereocenters. The van der Waals surface area contributed by atoms with E-state index in [1.165, 1.54) is 0 Å². The second kappa shape index (κ2) is 6.75. The monoisotopic (exact) mass is 273 g/mol. The number of rotatable bonds is 6. The van der Waals surface area contributed by atoms with Crippen LogP contribution in [0.15, 0.2) is 36.7 Å². The SMILES string of the molecule is CCn1cc(COC(=O)CCc2ccc(N)cc2)cn1. The molecule has 0 bridgehead atoms. The number of nitrogens with zero attached hydrogens (tertiary/aromatic N) is 2. The van der Waals surface area contributed by atoms with Gasteiger partial charge in [-0.3, -0.25) is 9.48 Å². The molecule has 0 saturated heterocycles. The van der Waals surface area contributed by atoms with Gasteiger partial charge in [0.25, 0.3) is 0 Å². The van der Waals surface area contributed by atoms with Crippen LogP contribution in [0, 0.1) is 0 Å². The summed E-state index contributed by atoms with van der Waals surface area (Å²) in [5, 5.41) is 4.13. The van der Waals surface area contributed by atoms with Crippen molar-refractivity contribution in [3.05, 3.63) is 47.8 Å². The maximum Gasteiger partial charge on any atom is 0.306 e. The lowest BCUT2D eigenvalue weighted by Gasteiger charge is -2.04. The highest BCUT2D eigenvalue weighted by atomic mass is 16.5. The van der Waals surface area contributed by atoms with Crippen LogP contribution in [0.4, 0.5) is 5.69 Å². The van der Waals surface area contributed by atoms with E-state index in [-0.39, 0.29) is 12.6 Å². The zero-order valence-corrected chi connectivity index (χ0v) is 11.6. The molecule has 2 aromatic rings. The fourth-order valence-corrected chi connectivity index (χ4v) is 1.82. The zero-order chi connectivity index (χ0) is 14.4. The lowest BCUT2D eigenvalue weighted by Crippen LogP contribution is -2.05. The first kappa shape index (κ1) is 14.1. The fraction of sp³-hybridized carbons (Fsp3) is 0.333. The van der Waals surface area contributed by atoms with E-state index in [2.05, 4.69) is 5.10 Å². The number of benzene rings is 1. The van der Waals surface area contributed by atoms with Gasteiger partial charge in [-0.15, -0.1) is 0 Å².